The highest BCUT2D eigenvalue weighted by Crippen LogP contribution is 2.54. The molecule has 1 aliphatic rings. The molecule has 0 spiro atoms. The second-order valence-corrected chi connectivity index (χ2v) is 8.95. The van der Waals surface area contributed by atoms with E-state index in [0.29, 0.717) is 5.56 Å². The van der Waals surface area contributed by atoms with Crippen molar-refractivity contribution in [3.8, 4) is 0 Å². The molecule has 0 bridgehead atoms. The summed E-state index contributed by atoms with van der Waals surface area (Å²) in [6.45, 7) is 4.87. The number of hydrogen-bond acceptors (Lipinski definition) is 10. The number of rotatable bonds is 6. The van der Waals surface area contributed by atoms with Crippen LogP contribution in [0.2, 0.25) is 0 Å². The van der Waals surface area contributed by atoms with E-state index in [1.165, 1.54) is 0 Å². The number of likely N-dealkylation sites (tertiary alicyclic amines) is 1. The molecule has 1 aliphatic heterocycles. The average Bonchev–Trinajstić information content (AvgIpc) is 3.19. The molecule has 0 unspecified atom stereocenters. The van der Waals surface area contributed by atoms with Crippen molar-refractivity contribution in [2.24, 2.45) is 11.3 Å². The Morgan fingerprint density at radius 2 is 1.34 bits per heavy atom. The molecule has 1 aromatic carbocycles. The largest absolute Gasteiger partial charge is 0.468 e. The number of esters is 4. The predicted molar refractivity (Wildman–Crippen MR) is 120 cm³/mol. The molecule has 0 N–H and O–H groups in total. The first-order chi connectivity index (χ1) is 16.4. The molecule has 2 rings (SSSR count). The van der Waals surface area contributed by atoms with Gasteiger partial charge in [0.1, 0.15) is 5.60 Å². The molecular formula is C24H31NO10. The molecular weight excluding hydrogens is 462 g/mol. The number of carbonyl (C=O) groups excluding carboxylic acids is 5. The number of benzene rings is 1. The summed E-state index contributed by atoms with van der Waals surface area (Å²) in [6, 6.07) is 5.46. The van der Waals surface area contributed by atoms with Gasteiger partial charge in [-0.15, -0.1) is 0 Å². The van der Waals surface area contributed by atoms with E-state index in [1.807, 2.05) is 0 Å². The number of nitrogens with zero attached hydrogens (tertiary/aromatic N) is 1. The highest BCUT2D eigenvalue weighted by atomic mass is 16.6. The summed E-state index contributed by atoms with van der Waals surface area (Å²) in [5.41, 5.74) is -2.77. The number of amides is 1. The third kappa shape index (κ3) is 5.23. The Bertz CT molecular complexity index is 936. The first kappa shape index (κ1) is 27.6. The van der Waals surface area contributed by atoms with Crippen LogP contribution in [0.4, 0.5) is 4.79 Å². The zero-order valence-electron chi connectivity index (χ0n) is 20.9. The van der Waals surface area contributed by atoms with E-state index < -0.39 is 65.4 Å². The quantitative estimate of drug-likeness (QED) is 0.329. The molecule has 1 saturated heterocycles. The Hall–Kier alpha value is -3.63. The van der Waals surface area contributed by atoms with E-state index in [-0.39, 0.29) is 0 Å². The Morgan fingerprint density at radius 1 is 0.857 bits per heavy atom. The van der Waals surface area contributed by atoms with Crippen molar-refractivity contribution in [1.82, 2.24) is 4.90 Å². The standard InChI is InChI=1S/C24H31NO10/c1-23(2,3)35-22(30)25-15(16(18(26)31-4)19(27)32-5)13-24(20(28)33-6,21(29)34-7)17(25)14-11-9-8-10-12-14/h8-12,15-17H,13H2,1-7H3/t15-,17-/m1/s1. The smallest absolute Gasteiger partial charge is 0.411 e. The number of hydrogen-bond donors (Lipinski definition) is 0. The highest BCUT2D eigenvalue weighted by Gasteiger charge is 2.68. The van der Waals surface area contributed by atoms with Crippen molar-refractivity contribution < 1.29 is 47.7 Å². The third-order valence-electron chi connectivity index (χ3n) is 5.75. The van der Waals surface area contributed by atoms with Crippen molar-refractivity contribution in [3.63, 3.8) is 0 Å². The van der Waals surface area contributed by atoms with Crippen LogP contribution in [0.1, 0.15) is 38.8 Å². The maximum atomic E-state index is 13.6. The predicted octanol–water partition coefficient (Wildman–Crippen LogP) is 2.03. The third-order valence-corrected chi connectivity index (χ3v) is 5.75. The van der Waals surface area contributed by atoms with Crippen LogP contribution in [-0.4, -0.2) is 75.0 Å². The van der Waals surface area contributed by atoms with Gasteiger partial charge in [0.25, 0.3) is 0 Å². The fourth-order valence-electron chi connectivity index (χ4n) is 4.38. The first-order valence-electron chi connectivity index (χ1n) is 10.8. The fraction of sp³-hybridized carbons (Fsp3) is 0.542. The van der Waals surface area contributed by atoms with Gasteiger partial charge in [-0.25, -0.2) is 4.79 Å². The van der Waals surface area contributed by atoms with Crippen molar-refractivity contribution in [2.75, 3.05) is 28.4 Å². The number of ether oxygens (including phenoxy) is 5. The molecule has 0 aliphatic carbocycles. The maximum Gasteiger partial charge on any atom is 0.411 e. The van der Waals surface area contributed by atoms with Crippen LogP contribution in [0, 0.1) is 11.3 Å². The van der Waals surface area contributed by atoms with Crippen LogP contribution >= 0.6 is 0 Å². The zero-order chi connectivity index (χ0) is 26.6. The molecule has 1 aromatic rings. The van der Waals surface area contributed by atoms with Crippen LogP contribution < -0.4 is 0 Å². The minimum absolute atomic E-state index is 0.352. The summed E-state index contributed by atoms with van der Waals surface area (Å²) in [5, 5.41) is 0. The minimum Gasteiger partial charge on any atom is -0.468 e. The topological polar surface area (TPSA) is 135 Å². The number of carbonyl (C=O) groups is 5. The lowest BCUT2D eigenvalue weighted by molar-refractivity contribution is -0.171. The molecule has 11 nitrogen and oxygen atoms in total. The zero-order valence-corrected chi connectivity index (χ0v) is 20.9. The average molecular weight is 494 g/mol. The summed E-state index contributed by atoms with van der Waals surface area (Å²) < 4.78 is 25.2. The van der Waals surface area contributed by atoms with E-state index in [1.54, 1.807) is 51.1 Å². The monoisotopic (exact) mass is 493 g/mol. The van der Waals surface area contributed by atoms with Crippen LogP contribution in [-0.2, 0) is 42.9 Å². The van der Waals surface area contributed by atoms with Gasteiger partial charge in [-0.1, -0.05) is 30.3 Å². The normalized spacial score (nSPS) is 19.0. The van der Waals surface area contributed by atoms with Gasteiger partial charge in [0, 0.05) is 0 Å². The molecule has 35 heavy (non-hydrogen) atoms. The Labute approximate surface area is 203 Å². The van der Waals surface area contributed by atoms with E-state index in [2.05, 4.69) is 0 Å². The molecule has 1 amide bonds. The van der Waals surface area contributed by atoms with Crippen molar-refractivity contribution >= 4 is 30.0 Å². The van der Waals surface area contributed by atoms with Gasteiger partial charge >= 0.3 is 30.0 Å². The van der Waals surface area contributed by atoms with Crippen LogP contribution in [0.25, 0.3) is 0 Å². The highest BCUT2D eigenvalue weighted by molar-refractivity contribution is 6.03. The molecule has 11 heteroatoms. The van der Waals surface area contributed by atoms with E-state index in [4.69, 9.17) is 23.7 Å². The first-order valence-corrected chi connectivity index (χ1v) is 10.8. The maximum absolute atomic E-state index is 13.6. The summed E-state index contributed by atoms with van der Waals surface area (Å²) >= 11 is 0. The Balaban J connectivity index is 2.92. The van der Waals surface area contributed by atoms with Crippen LogP contribution in [0.15, 0.2) is 30.3 Å². The van der Waals surface area contributed by atoms with Gasteiger partial charge in [-0.05, 0) is 32.8 Å². The minimum atomic E-state index is -2.13. The lowest BCUT2D eigenvalue weighted by Crippen LogP contribution is -2.50. The molecule has 192 valence electrons. The molecule has 1 fully saturated rings. The van der Waals surface area contributed by atoms with Gasteiger partial charge in [-0.2, -0.15) is 0 Å². The second-order valence-electron chi connectivity index (χ2n) is 8.95. The summed E-state index contributed by atoms with van der Waals surface area (Å²) in [7, 11) is 4.29. The summed E-state index contributed by atoms with van der Waals surface area (Å²) in [5.74, 6) is -5.76. The lowest BCUT2D eigenvalue weighted by atomic mass is 9.75. The van der Waals surface area contributed by atoms with E-state index in [9.17, 15) is 24.0 Å². The van der Waals surface area contributed by atoms with E-state index >= 15 is 0 Å². The molecule has 0 aromatic heterocycles. The molecule has 0 radical (unpaired) electrons. The molecule has 1 heterocycles. The van der Waals surface area contributed by atoms with Gasteiger partial charge in [-0.3, -0.25) is 24.1 Å². The Morgan fingerprint density at radius 3 is 1.74 bits per heavy atom. The van der Waals surface area contributed by atoms with Gasteiger partial charge in [0.05, 0.1) is 40.5 Å². The van der Waals surface area contributed by atoms with Crippen molar-refractivity contribution in [1.29, 1.82) is 0 Å². The molecule has 2 atom stereocenters. The fourth-order valence-corrected chi connectivity index (χ4v) is 4.38. The van der Waals surface area contributed by atoms with Crippen molar-refractivity contribution in [3.05, 3.63) is 35.9 Å². The van der Waals surface area contributed by atoms with Gasteiger partial charge in [0.2, 0.25) is 0 Å². The van der Waals surface area contributed by atoms with Crippen LogP contribution in [0.3, 0.4) is 0 Å². The summed E-state index contributed by atoms with van der Waals surface area (Å²) in [4.78, 5) is 66.7. The lowest BCUT2D eigenvalue weighted by Gasteiger charge is -2.36. The summed E-state index contributed by atoms with van der Waals surface area (Å²) in [6.07, 6.45) is -1.47. The Kier molecular flexibility index (Phi) is 8.48. The van der Waals surface area contributed by atoms with E-state index in [0.717, 1.165) is 33.3 Å². The van der Waals surface area contributed by atoms with Crippen molar-refractivity contribution in [2.45, 2.75) is 44.9 Å². The SMILES string of the molecule is COC(=O)C(C(=O)OC)[C@H]1CC(C(=O)OC)(C(=O)OC)[C@@H](c2ccccc2)N1C(=O)OC(C)(C)C. The molecule has 0 saturated carbocycles. The van der Waals surface area contributed by atoms with Gasteiger partial charge < -0.3 is 23.7 Å². The number of methoxy groups -OCH3 is 4. The van der Waals surface area contributed by atoms with Gasteiger partial charge in [0.15, 0.2) is 11.3 Å². The second kappa shape index (κ2) is 10.7. The van der Waals surface area contributed by atoms with Crippen LogP contribution in [0.5, 0.6) is 0 Å².